The number of carbonyl (C=O) groups excluding carboxylic acids is 1. The summed E-state index contributed by atoms with van der Waals surface area (Å²) >= 11 is 0. The van der Waals surface area contributed by atoms with Crippen molar-refractivity contribution in [1.29, 1.82) is 0 Å². The molecule has 0 aliphatic carbocycles. The lowest BCUT2D eigenvalue weighted by molar-refractivity contribution is -0.154. The topological polar surface area (TPSA) is 35.5 Å². The quantitative estimate of drug-likeness (QED) is 0.604. The average Bonchev–Trinajstić information content (AvgIpc) is 2.53. The fraction of sp³-hybridized carbons (Fsp3) is 0.417. The maximum absolute atomic E-state index is 11.3. The van der Waals surface area contributed by atoms with E-state index in [9.17, 15) is 4.79 Å². The highest BCUT2D eigenvalue weighted by atomic mass is 16.6. The molecule has 1 aromatic carbocycles. The van der Waals surface area contributed by atoms with E-state index in [0.717, 1.165) is 11.1 Å². The molecule has 0 bridgehead atoms. The summed E-state index contributed by atoms with van der Waals surface area (Å²) in [5.74, 6) is -0.167. The highest BCUT2D eigenvalue weighted by Crippen LogP contribution is 2.43. The third kappa shape index (κ3) is 1.13. The highest BCUT2D eigenvalue weighted by Gasteiger charge is 2.50. The van der Waals surface area contributed by atoms with Gasteiger partial charge in [-0.15, -0.1) is 0 Å². The molecular weight excluding hydrogens is 192 g/mol. The lowest BCUT2D eigenvalue weighted by Gasteiger charge is -2.35. The molecule has 3 rings (SSSR count). The monoisotopic (exact) mass is 204 g/mol. The summed E-state index contributed by atoms with van der Waals surface area (Å²) in [6, 6.07) is 7.98. The van der Waals surface area contributed by atoms with Gasteiger partial charge in [0.25, 0.3) is 0 Å². The van der Waals surface area contributed by atoms with Crippen molar-refractivity contribution in [3.8, 4) is 0 Å². The van der Waals surface area contributed by atoms with Gasteiger partial charge in [0.2, 0.25) is 0 Å². The minimum absolute atomic E-state index is 0.125. The summed E-state index contributed by atoms with van der Waals surface area (Å²) in [7, 11) is 0. The first kappa shape index (κ1) is 8.92. The number of fused-ring (bicyclic) bond motifs is 3. The lowest BCUT2D eigenvalue weighted by atomic mass is 9.85. The van der Waals surface area contributed by atoms with Crippen LogP contribution in [0.15, 0.2) is 24.3 Å². The predicted octanol–water partition coefficient (Wildman–Crippen LogP) is 1.75. The van der Waals surface area contributed by atoms with Crippen LogP contribution in [0.1, 0.15) is 24.5 Å². The number of hydrogen-bond acceptors (Lipinski definition) is 3. The van der Waals surface area contributed by atoms with Gasteiger partial charge >= 0.3 is 5.97 Å². The molecule has 0 spiro atoms. The molecule has 0 unspecified atom stereocenters. The van der Waals surface area contributed by atoms with Crippen molar-refractivity contribution in [1.82, 2.24) is 0 Å². The molecule has 1 saturated heterocycles. The van der Waals surface area contributed by atoms with Gasteiger partial charge in [0.05, 0.1) is 13.0 Å². The maximum atomic E-state index is 11.3. The summed E-state index contributed by atoms with van der Waals surface area (Å²) in [5, 5.41) is 0. The van der Waals surface area contributed by atoms with Crippen molar-refractivity contribution >= 4 is 5.97 Å². The van der Waals surface area contributed by atoms with Crippen LogP contribution in [0, 0.1) is 0 Å². The fourth-order valence-electron chi connectivity index (χ4n) is 2.46. The summed E-state index contributed by atoms with van der Waals surface area (Å²) in [6.45, 7) is 2.51. The molecule has 2 aliphatic rings. The number of benzene rings is 1. The summed E-state index contributed by atoms with van der Waals surface area (Å²) in [5.41, 5.74) is 1.63. The van der Waals surface area contributed by atoms with E-state index in [2.05, 4.69) is 0 Å². The Hall–Kier alpha value is -1.35. The van der Waals surface area contributed by atoms with Gasteiger partial charge in [-0.1, -0.05) is 24.3 Å². The minimum Gasteiger partial charge on any atom is -0.452 e. The molecule has 0 saturated carbocycles. The second-order valence-corrected chi connectivity index (χ2v) is 4.24. The fourth-order valence-corrected chi connectivity index (χ4v) is 2.46. The zero-order valence-electron chi connectivity index (χ0n) is 8.53. The molecule has 0 N–H and O–H groups in total. The van der Waals surface area contributed by atoms with E-state index in [-0.39, 0.29) is 12.1 Å². The summed E-state index contributed by atoms with van der Waals surface area (Å²) in [4.78, 5) is 11.3. The van der Waals surface area contributed by atoms with Gasteiger partial charge in [0.1, 0.15) is 6.10 Å². The molecule has 15 heavy (non-hydrogen) atoms. The number of carbonyl (C=O) groups is 1. The van der Waals surface area contributed by atoms with Gasteiger partial charge < -0.3 is 9.47 Å². The van der Waals surface area contributed by atoms with Crippen LogP contribution in [0.25, 0.3) is 0 Å². The molecule has 2 aliphatic heterocycles. The van der Waals surface area contributed by atoms with Crippen LogP contribution in [0.5, 0.6) is 0 Å². The minimum atomic E-state index is -0.577. The van der Waals surface area contributed by atoms with Crippen LogP contribution >= 0.6 is 0 Å². The Morgan fingerprint density at radius 3 is 3.07 bits per heavy atom. The Bertz CT molecular complexity index is 427. The molecule has 1 fully saturated rings. The highest BCUT2D eigenvalue weighted by molar-refractivity contribution is 5.74. The molecule has 2 heterocycles. The van der Waals surface area contributed by atoms with Gasteiger partial charge in [0.15, 0.2) is 5.60 Å². The molecule has 3 nitrogen and oxygen atoms in total. The Labute approximate surface area is 88.0 Å². The third-order valence-electron chi connectivity index (χ3n) is 3.28. The van der Waals surface area contributed by atoms with Gasteiger partial charge in [0, 0.05) is 5.56 Å². The van der Waals surface area contributed by atoms with Crippen molar-refractivity contribution in [2.45, 2.75) is 31.7 Å². The molecule has 3 heteroatoms. The van der Waals surface area contributed by atoms with Crippen molar-refractivity contribution in [3.05, 3.63) is 35.4 Å². The van der Waals surface area contributed by atoms with Gasteiger partial charge in [-0.2, -0.15) is 0 Å². The van der Waals surface area contributed by atoms with Crippen LogP contribution in [0.4, 0.5) is 0 Å². The standard InChI is InChI=1S/C12H12O3/c1-12-9-5-3-2-4-8(9)7-14-10(12)6-11(13)15-12/h2-5,10H,6-7H2,1H3/t10-,12+/m1/s1. The Balaban J connectivity index is 2.15. The first-order valence-corrected chi connectivity index (χ1v) is 5.12. The lowest BCUT2D eigenvalue weighted by Crippen LogP contribution is -2.39. The van der Waals surface area contributed by atoms with E-state index in [4.69, 9.17) is 9.47 Å². The maximum Gasteiger partial charge on any atom is 0.309 e. The van der Waals surface area contributed by atoms with E-state index in [1.165, 1.54) is 0 Å². The zero-order chi connectivity index (χ0) is 10.5. The SMILES string of the molecule is C[C@@]12OC(=O)C[C@H]1OCc1ccccc12. The van der Waals surface area contributed by atoms with E-state index in [0.29, 0.717) is 13.0 Å². The predicted molar refractivity (Wildman–Crippen MR) is 53.1 cm³/mol. The summed E-state index contributed by atoms with van der Waals surface area (Å²) in [6.07, 6.45) is 0.241. The van der Waals surface area contributed by atoms with Crippen LogP contribution in [-0.2, 0) is 26.5 Å². The molecule has 0 aromatic heterocycles. The van der Waals surface area contributed by atoms with Crippen molar-refractivity contribution in [2.75, 3.05) is 0 Å². The molecule has 0 radical (unpaired) electrons. The Morgan fingerprint density at radius 2 is 2.20 bits per heavy atom. The smallest absolute Gasteiger partial charge is 0.309 e. The first-order chi connectivity index (χ1) is 7.20. The second-order valence-electron chi connectivity index (χ2n) is 4.24. The number of rotatable bonds is 0. The van der Waals surface area contributed by atoms with E-state index < -0.39 is 5.60 Å². The van der Waals surface area contributed by atoms with Crippen molar-refractivity contribution < 1.29 is 14.3 Å². The van der Waals surface area contributed by atoms with Crippen LogP contribution in [0.2, 0.25) is 0 Å². The zero-order valence-corrected chi connectivity index (χ0v) is 8.53. The molecule has 2 atom stereocenters. The number of hydrogen-bond donors (Lipinski definition) is 0. The van der Waals surface area contributed by atoms with E-state index >= 15 is 0 Å². The normalized spacial score (nSPS) is 33.1. The van der Waals surface area contributed by atoms with E-state index in [1.54, 1.807) is 0 Å². The van der Waals surface area contributed by atoms with Crippen LogP contribution in [0.3, 0.4) is 0 Å². The van der Waals surface area contributed by atoms with Crippen LogP contribution in [-0.4, -0.2) is 12.1 Å². The Morgan fingerprint density at radius 1 is 1.40 bits per heavy atom. The Kier molecular flexibility index (Phi) is 1.68. The number of ether oxygens (including phenoxy) is 2. The second kappa shape index (κ2) is 2.83. The van der Waals surface area contributed by atoms with Crippen molar-refractivity contribution in [3.63, 3.8) is 0 Å². The first-order valence-electron chi connectivity index (χ1n) is 5.12. The van der Waals surface area contributed by atoms with Crippen molar-refractivity contribution in [2.24, 2.45) is 0 Å². The van der Waals surface area contributed by atoms with Gasteiger partial charge in [-0.05, 0) is 12.5 Å². The molecule has 1 aromatic rings. The molecular formula is C12H12O3. The number of esters is 1. The molecule has 0 amide bonds. The van der Waals surface area contributed by atoms with Crippen LogP contribution < -0.4 is 0 Å². The van der Waals surface area contributed by atoms with E-state index in [1.807, 2.05) is 31.2 Å². The van der Waals surface area contributed by atoms with Gasteiger partial charge in [-0.25, -0.2) is 0 Å². The van der Waals surface area contributed by atoms with Gasteiger partial charge in [-0.3, -0.25) is 4.79 Å². The average molecular weight is 204 g/mol. The largest absolute Gasteiger partial charge is 0.452 e. The molecule has 78 valence electrons. The summed E-state index contributed by atoms with van der Waals surface area (Å²) < 4.78 is 11.1. The third-order valence-corrected chi connectivity index (χ3v) is 3.28.